The quantitative estimate of drug-likeness (QED) is 0.627. The molecule has 0 amide bonds. The molecule has 0 saturated heterocycles. The van der Waals surface area contributed by atoms with Gasteiger partial charge < -0.3 is 0 Å². The van der Waals surface area contributed by atoms with Crippen LogP contribution in [-0.4, -0.2) is 0 Å². The molecule has 1 aromatic rings. The molecule has 1 atom stereocenters. The number of rotatable bonds is 2. The summed E-state index contributed by atoms with van der Waals surface area (Å²) in [5, 5.41) is 3.01. The minimum atomic E-state index is 0.141. The van der Waals surface area contributed by atoms with Gasteiger partial charge in [-0.05, 0) is 30.2 Å². The summed E-state index contributed by atoms with van der Waals surface area (Å²) in [6, 6.07) is 1.94. The average Bonchev–Trinajstić information content (AvgIpc) is 2.65. The monoisotopic (exact) mass is 248 g/mol. The largest absolute Gasteiger partial charge is 0.146 e. The van der Waals surface area contributed by atoms with Crippen molar-refractivity contribution in [2.75, 3.05) is 0 Å². The van der Waals surface area contributed by atoms with Gasteiger partial charge in [-0.15, -0.1) is 22.9 Å². The zero-order valence-electron chi connectivity index (χ0n) is 8.01. The van der Waals surface area contributed by atoms with Crippen LogP contribution in [0, 0.1) is 5.92 Å². The second-order valence-electron chi connectivity index (χ2n) is 3.93. The molecule has 0 aromatic carbocycles. The summed E-state index contributed by atoms with van der Waals surface area (Å²) in [6.45, 7) is 0. The van der Waals surface area contributed by atoms with Crippen molar-refractivity contribution in [2.24, 2.45) is 5.92 Å². The maximum atomic E-state index is 6.46. The van der Waals surface area contributed by atoms with Crippen molar-refractivity contribution in [3.8, 4) is 0 Å². The molecule has 1 unspecified atom stereocenters. The molecule has 0 radical (unpaired) electrons. The van der Waals surface area contributed by atoms with Crippen molar-refractivity contribution in [3.05, 3.63) is 21.3 Å². The molecule has 0 aliphatic heterocycles. The minimum absolute atomic E-state index is 0.141. The van der Waals surface area contributed by atoms with Crippen molar-refractivity contribution in [2.45, 2.75) is 37.5 Å². The molecule has 2 rings (SSSR count). The predicted molar refractivity (Wildman–Crippen MR) is 64.5 cm³/mol. The first-order chi connectivity index (χ1) is 6.79. The molecule has 78 valence electrons. The van der Waals surface area contributed by atoms with Crippen molar-refractivity contribution < 1.29 is 0 Å². The van der Waals surface area contributed by atoms with Gasteiger partial charge in [0.05, 0.1) is 10.4 Å². The van der Waals surface area contributed by atoms with Crippen LogP contribution in [0.15, 0.2) is 11.4 Å². The molecule has 1 heterocycles. The van der Waals surface area contributed by atoms with Crippen molar-refractivity contribution in [1.82, 2.24) is 0 Å². The Morgan fingerprint density at radius 3 is 2.57 bits per heavy atom. The second kappa shape index (κ2) is 4.87. The molecule has 1 fully saturated rings. The molecule has 0 nitrogen and oxygen atoms in total. The van der Waals surface area contributed by atoms with Crippen LogP contribution < -0.4 is 0 Å². The molecular formula is C11H14Cl2S. The highest BCUT2D eigenvalue weighted by atomic mass is 35.5. The summed E-state index contributed by atoms with van der Waals surface area (Å²) < 4.78 is 0. The Balaban J connectivity index is 2.07. The molecule has 0 N–H and O–H groups in total. The molecule has 0 bridgehead atoms. The predicted octanol–water partition coefficient (Wildman–Crippen LogP) is 5.26. The lowest BCUT2D eigenvalue weighted by molar-refractivity contribution is 0.350. The second-order valence-corrected chi connectivity index (χ2v) is 5.76. The van der Waals surface area contributed by atoms with E-state index < -0.39 is 0 Å². The van der Waals surface area contributed by atoms with Gasteiger partial charge in [0.2, 0.25) is 0 Å². The normalized spacial score (nSPS) is 21.0. The van der Waals surface area contributed by atoms with Crippen molar-refractivity contribution >= 4 is 34.5 Å². The molecule has 3 heteroatoms. The van der Waals surface area contributed by atoms with Crippen LogP contribution in [0.2, 0.25) is 5.02 Å². The molecule has 0 spiro atoms. The van der Waals surface area contributed by atoms with Crippen LogP contribution in [0.25, 0.3) is 0 Å². The van der Waals surface area contributed by atoms with E-state index in [0.717, 1.165) is 5.02 Å². The molecule has 1 aliphatic rings. The zero-order chi connectivity index (χ0) is 9.97. The Labute approximate surface area is 99.2 Å². The van der Waals surface area contributed by atoms with Gasteiger partial charge in [0.15, 0.2) is 0 Å². The molecule has 1 aliphatic carbocycles. The summed E-state index contributed by atoms with van der Waals surface area (Å²) in [5.41, 5.74) is 0. The number of thiophene rings is 1. The highest BCUT2D eigenvalue weighted by molar-refractivity contribution is 7.11. The molecule has 1 aromatic heterocycles. The van der Waals surface area contributed by atoms with E-state index in [2.05, 4.69) is 0 Å². The third-order valence-electron chi connectivity index (χ3n) is 2.96. The topological polar surface area (TPSA) is 0 Å². The van der Waals surface area contributed by atoms with Crippen LogP contribution in [-0.2, 0) is 0 Å². The smallest absolute Gasteiger partial charge is 0.0721 e. The fourth-order valence-electron chi connectivity index (χ4n) is 2.14. The summed E-state index contributed by atoms with van der Waals surface area (Å²) in [5.74, 6) is 0.640. The van der Waals surface area contributed by atoms with Crippen molar-refractivity contribution in [1.29, 1.82) is 0 Å². The third-order valence-corrected chi connectivity index (χ3v) is 5.10. The lowest BCUT2D eigenvalue weighted by Crippen LogP contribution is -2.11. The van der Waals surface area contributed by atoms with Gasteiger partial charge >= 0.3 is 0 Å². The summed E-state index contributed by atoms with van der Waals surface area (Å²) in [7, 11) is 0. The number of hydrogen-bond donors (Lipinski definition) is 0. The van der Waals surface area contributed by atoms with Crippen LogP contribution >= 0.6 is 34.5 Å². The Morgan fingerprint density at radius 1 is 1.29 bits per heavy atom. The summed E-state index contributed by atoms with van der Waals surface area (Å²) in [6.07, 6.45) is 6.57. The lowest BCUT2D eigenvalue weighted by atomic mass is 9.86. The van der Waals surface area contributed by atoms with Gasteiger partial charge in [-0.25, -0.2) is 0 Å². The first-order valence-electron chi connectivity index (χ1n) is 5.16. The average molecular weight is 249 g/mol. The lowest BCUT2D eigenvalue weighted by Gasteiger charge is -2.25. The van der Waals surface area contributed by atoms with E-state index in [1.807, 2.05) is 11.4 Å². The number of halogens is 2. The molecular weight excluding hydrogens is 235 g/mol. The van der Waals surface area contributed by atoms with Gasteiger partial charge in [-0.2, -0.15) is 0 Å². The fourth-order valence-corrected chi connectivity index (χ4v) is 3.97. The summed E-state index contributed by atoms with van der Waals surface area (Å²) in [4.78, 5) is 1.17. The fraction of sp³-hybridized carbons (Fsp3) is 0.636. The van der Waals surface area contributed by atoms with Crippen molar-refractivity contribution in [3.63, 3.8) is 0 Å². The van der Waals surface area contributed by atoms with Crippen LogP contribution in [0.1, 0.15) is 42.4 Å². The maximum Gasteiger partial charge on any atom is 0.0721 e. The highest BCUT2D eigenvalue weighted by Crippen LogP contribution is 2.43. The third kappa shape index (κ3) is 2.26. The Hall–Kier alpha value is 0.280. The van der Waals surface area contributed by atoms with Gasteiger partial charge in [0.25, 0.3) is 0 Å². The van der Waals surface area contributed by atoms with E-state index in [1.54, 1.807) is 11.3 Å². The van der Waals surface area contributed by atoms with E-state index >= 15 is 0 Å². The molecule has 1 saturated carbocycles. The first kappa shape index (κ1) is 10.8. The minimum Gasteiger partial charge on any atom is -0.146 e. The van der Waals surface area contributed by atoms with E-state index in [9.17, 15) is 0 Å². The zero-order valence-corrected chi connectivity index (χ0v) is 10.3. The van der Waals surface area contributed by atoms with E-state index in [-0.39, 0.29) is 5.38 Å². The van der Waals surface area contributed by atoms with Crippen LogP contribution in [0.5, 0.6) is 0 Å². The van der Waals surface area contributed by atoms with Gasteiger partial charge in [0, 0.05) is 4.88 Å². The van der Waals surface area contributed by atoms with Crippen LogP contribution in [0.3, 0.4) is 0 Å². The Bertz CT molecular complexity index is 289. The Morgan fingerprint density at radius 2 is 2.00 bits per heavy atom. The van der Waals surface area contributed by atoms with E-state index in [0.29, 0.717) is 5.92 Å². The van der Waals surface area contributed by atoms with E-state index in [4.69, 9.17) is 23.2 Å². The summed E-state index contributed by atoms with van der Waals surface area (Å²) >= 11 is 14.2. The first-order valence-corrected chi connectivity index (χ1v) is 6.85. The number of hydrogen-bond acceptors (Lipinski definition) is 1. The molecule has 14 heavy (non-hydrogen) atoms. The van der Waals surface area contributed by atoms with Crippen LogP contribution in [0.4, 0.5) is 0 Å². The number of alkyl halides is 1. The SMILES string of the molecule is Clc1ccsc1C(Cl)C1CCCCC1. The Kier molecular flexibility index (Phi) is 3.75. The highest BCUT2D eigenvalue weighted by Gasteiger charge is 2.25. The van der Waals surface area contributed by atoms with Gasteiger partial charge in [-0.1, -0.05) is 30.9 Å². The van der Waals surface area contributed by atoms with Gasteiger partial charge in [-0.3, -0.25) is 0 Å². The maximum absolute atomic E-state index is 6.46. The van der Waals surface area contributed by atoms with Gasteiger partial charge in [0.1, 0.15) is 0 Å². The standard InChI is InChI=1S/C11H14Cl2S/c12-9-6-7-14-11(9)10(13)8-4-2-1-3-5-8/h6-8,10H,1-5H2. The van der Waals surface area contributed by atoms with E-state index in [1.165, 1.54) is 37.0 Å².